The number of rotatable bonds is 2. The maximum absolute atomic E-state index is 2.46. The lowest BCUT2D eigenvalue weighted by molar-refractivity contribution is -0.885. The fourth-order valence-corrected chi connectivity index (χ4v) is 1.43. The molecule has 1 saturated carbocycles. The molecule has 1 nitrogen and oxygen atoms in total. The summed E-state index contributed by atoms with van der Waals surface area (Å²) in [5, 5.41) is 0. The first kappa shape index (κ1) is 9.69. The normalized spacial score (nSPS) is 19.0. The molecular formula is C7H17IN+. The molecule has 0 unspecified atom stereocenters. The van der Waals surface area contributed by atoms with Crippen LogP contribution in [0.1, 0.15) is 20.3 Å². The van der Waals surface area contributed by atoms with E-state index in [2.05, 4.69) is 36.7 Å². The Hall–Kier alpha value is 0.690. The third kappa shape index (κ3) is 2.42. The molecule has 1 aliphatic rings. The Bertz CT molecular complexity index is 86.9. The van der Waals surface area contributed by atoms with Gasteiger partial charge in [0.05, 0.1) is 20.1 Å². The molecule has 0 saturated heterocycles. The first-order chi connectivity index (χ1) is 3.67. The van der Waals surface area contributed by atoms with Crippen molar-refractivity contribution in [1.82, 2.24) is 0 Å². The number of alkyl halides is 1. The number of quaternary nitrogens is 1. The highest BCUT2D eigenvalue weighted by atomic mass is 127. The molecule has 0 aromatic rings. The van der Waals surface area contributed by atoms with Gasteiger partial charge < -0.3 is 4.48 Å². The van der Waals surface area contributed by atoms with E-state index in [1.807, 2.05) is 0 Å². The summed E-state index contributed by atoms with van der Waals surface area (Å²) < 4.78 is 2.48. The van der Waals surface area contributed by atoms with Gasteiger partial charge in [-0.15, -0.1) is 0 Å². The number of halogens is 1. The Balaban J connectivity index is 0.000000640. The molecule has 0 aliphatic heterocycles. The van der Waals surface area contributed by atoms with Gasteiger partial charge in [0.1, 0.15) is 4.55 Å². The van der Waals surface area contributed by atoms with E-state index in [-0.39, 0.29) is 7.43 Å². The Labute approximate surface area is 72.2 Å². The second-order valence-electron chi connectivity index (χ2n) is 3.13. The number of hydrogen-bond acceptors (Lipinski definition) is 0. The zero-order valence-corrected chi connectivity index (χ0v) is 7.68. The summed E-state index contributed by atoms with van der Waals surface area (Å²) in [5.41, 5.74) is 0. The van der Waals surface area contributed by atoms with Gasteiger partial charge in [-0.1, -0.05) is 7.43 Å². The average molecular weight is 242 g/mol. The molecule has 1 aliphatic carbocycles. The van der Waals surface area contributed by atoms with E-state index >= 15 is 0 Å². The fourth-order valence-electron chi connectivity index (χ4n) is 0.871. The van der Waals surface area contributed by atoms with E-state index in [9.17, 15) is 0 Å². The minimum Gasteiger partial charge on any atom is -0.318 e. The Morgan fingerprint density at radius 1 is 1.44 bits per heavy atom. The first-order valence-electron chi connectivity index (χ1n) is 3.05. The third-order valence-electron chi connectivity index (χ3n) is 1.84. The summed E-state index contributed by atoms with van der Waals surface area (Å²) in [4.78, 5) is 0. The molecule has 56 valence electrons. The average Bonchev–Trinajstić information content (AvgIpc) is 2.44. The summed E-state index contributed by atoms with van der Waals surface area (Å²) >= 11 is 2.46. The van der Waals surface area contributed by atoms with Crippen molar-refractivity contribution in [2.24, 2.45) is 0 Å². The van der Waals surface area contributed by atoms with Crippen LogP contribution < -0.4 is 0 Å². The summed E-state index contributed by atoms with van der Waals surface area (Å²) in [6.07, 6.45) is 2.91. The highest BCUT2D eigenvalue weighted by molar-refractivity contribution is 14.1. The molecule has 1 fully saturated rings. The van der Waals surface area contributed by atoms with Crippen molar-refractivity contribution in [2.45, 2.75) is 26.3 Å². The predicted octanol–water partition coefficient (Wildman–Crippen LogP) is 2.25. The lowest BCUT2D eigenvalue weighted by Gasteiger charge is -2.26. The molecule has 0 aromatic carbocycles. The van der Waals surface area contributed by atoms with Crippen molar-refractivity contribution in [1.29, 1.82) is 0 Å². The monoisotopic (exact) mass is 242 g/mol. The van der Waals surface area contributed by atoms with E-state index in [0.29, 0.717) is 0 Å². The maximum atomic E-state index is 2.46. The summed E-state index contributed by atoms with van der Waals surface area (Å²) in [6.45, 7) is 0. The quantitative estimate of drug-likeness (QED) is 0.301. The van der Waals surface area contributed by atoms with Gasteiger partial charge in [-0.25, -0.2) is 0 Å². The Kier molecular flexibility index (Phi) is 3.44. The van der Waals surface area contributed by atoms with Crippen LogP contribution in [0.5, 0.6) is 0 Å². The number of hydrogen-bond donors (Lipinski definition) is 0. The topological polar surface area (TPSA) is 0 Å². The lowest BCUT2D eigenvalue weighted by atomic mass is 10.5. The van der Waals surface area contributed by atoms with Gasteiger partial charge in [0.15, 0.2) is 0 Å². The van der Waals surface area contributed by atoms with Gasteiger partial charge in [0.25, 0.3) is 0 Å². The van der Waals surface area contributed by atoms with Crippen LogP contribution in [0.3, 0.4) is 0 Å². The third-order valence-corrected chi connectivity index (χ3v) is 3.60. The SMILES string of the molecule is C.C[N+](C)(CI)C1CC1. The molecule has 0 radical (unpaired) electrons. The van der Waals surface area contributed by atoms with Crippen molar-refractivity contribution in [3.05, 3.63) is 0 Å². The van der Waals surface area contributed by atoms with Crippen LogP contribution in [0.4, 0.5) is 0 Å². The van der Waals surface area contributed by atoms with Crippen LogP contribution in [-0.4, -0.2) is 29.2 Å². The molecule has 0 aromatic heterocycles. The van der Waals surface area contributed by atoms with Crippen LogP contribution in [0.2, 0.25) is 0 Å². The largest absolute Gasteiger partial charge is 0.318 e. The highest BCUT2D eigenvalue weighted by Crippen LogP contribution is 2.30. The zero-order chi connectivity index (χ0) is 6.20. The molecule has 0 heterocycles. The molecule has 2 heteroatoms. The van der Waals surface area contributed by atoms with Crippen molar-refractivity contribution in [3.63, 3.8) is 0 Å². The molecule has 0 N–H and O–H groups in total. The summed E-state index contributed by atoms with van der Waals surface area (Å²) in [6, 6.07) is 0.992. The minimum absolute atomic E-state index is 0. The van der Waals surface area contributed by atoms with Crippen LogP contribution >= 0.6 is 22.6 Å². The van der Waals surface area contributed by atoms with Crippen LogP contribution in [-0.2, 0) is 0 Å². The lowest BCUT2D eigenvalue weighted by Crippen LogP contribution is -2.39. The van der Waals surface area contributed by atoms with Gasteiger partial charge >= 0.3 is 0 Å². The molecular weight excluding hydrogens is 225 g/mol. The molecule has 9 heavy (non-hydrogen) atoms. The summed E-state index contributed by atoms with van der Waals surface area (Å²) in [5.74, 6) is 0. The van der Waals surface area contributed by atoms with E-state index in [1.54, 1.807) is 0 Å². The standard InChI is InChI=1S/C6H13IN.CH4/c1-8(2,5-7)6-3-4-6;/h6H,3-5H2,1-2H3;1H4/q+1;. The fraction of sp³-hybridized carbons (Fsp3) is 1.00. The molecule has 0 bridgehead atoms. The van der Waals surface area contributed by atoms with Crippen LogP contribution in [0.25, 0.3) is 0 Å². The van der Waals surface area contributed by atoms with E-state index in [1.165, 1.54) is 21.9 Å². The first-order valence-corrected chi connectivity index (χ1v) is 4.58. The van der Waals surface area contributed by atoms with Crippen LogP contribution in [0, 0.1) is 0 Å². The smallest absolute Gasteiger partial charge is 0.129 e. The van der Waals surface area contributed by atoms with E-state index < -0.39 is 0 Å². The second kappa shape index (κ2) is 3.19. The molecule has 0 atom stereocenters. The molecule has 0 spiro atoms. The Morgan fingerprint density at radius 3 is 2.00 bits per heavy atom. The van der Waals surface area contributed by atoms with Crippen molar-refractivity contribution >= 4 is 22.6 Å². The van der Waals surface area contributed by atoms with Crippen LogP contribution in [0.15, 0.2) is 0 Å². The van der Waals surface area contributed by atoms with Crippen molar-refractivity contribution < 1.29 is 4.48 Å². The van der Waals surface area contributed by atoms with Gasteiger partial charge in [-0.3, -0.25) is 0 Å². The summed E-state index contributed by atoms with van der Waals surface area (Å²) in [7, 11) is 4.62. The molecule has 1 rings (SSSR count). The van der Waals surface area contributed by atoms with Crippen molar-refractivity contribution in [2.75, 3.05) is 18.6 Å². The van der Waals surface area contributed by atoms with Gasteiger partial charge in [0.2, 0.25) is 0 Å². The van der Waals surface area contributed by atoms with E-state index in [0.717, 1.165) is 6.04 Å². The molecule has 0 amide bonds. The second-order valence-corrected chi connectivity index (χ2v) is 3.81. The maximum Gasteiger partial charge on any atom is 0.129 e. The van der Waals surface area contributed by atoms with Gasteiger partial charge in [0, 0.05) is 12.8 Å². The Morgan fingerprint density at radius 2 is 1.89 bits per heavy atom. The van der Waals surface area contributed by atoms with Crippen molar-refractivity contribution in [3.8, 4) is 0 Å². The van der Waals surface area contributed by atoms with Gasteiger partial charge in [-0.05, 0) is 22.6 Å². The minimum atomic E-state index is 0. The van der Waals surface area contributed by atoms with Gasteiger partial charge in [-0.2, -0.15) is 0 Å². The highest BCUT2D eigenvalue weighted by Gasteiger charge is 2.36. The number of nitrogens with zero attached hydrogens (tertiary/aromatic N) is 1. The van der Waals surface area contributed by atoms with E-state index in [4.69, 9.17) is 0 Å². The zero-order valence-electron chi connectivity index (χ0n) is 5.52. The predicted molar refractivity (Wildman–Crippen MR) is 50.7 cm³/mol.